The van der Waals surface area contributed by atoms with Crippen LogP contribution in [-0.2, 0) is 4.79 Å². The Hall–Kier alpha value is -1.66. The Bertz CT molecular complexity index is 566. The number of carbonyl (C=O) groups excluding carboxylic acids is 2. The predicted octanol–water partition coefficient (Wildman–Crippen LogP) is 0.952. The van der Waals surface area contributed by atoms with E-state index < -0.39 is 0 Å². The number of hydrogen-bond acceptors (Lipinski definition) is 4. The van der Waals surface area contributed by atoms with Crippen molar-refractivity contribution in [2.45, 2.75) is 6.92 Å². The number of piperazine rings is 1. The van der Waals surface area contributed by atoms with E-state index in [1.54, 1.807) is 0 Å². The van der Waals surface area contributed by atoms with Crippen LogP contribution in [0.2, 0.25) is 0 Å². The van der Waals surface area contributed by atoms with Gasteiger partial charge in [0.2, 0.25) is 5.91 Å². The van der Waals surface area contributed by atoms with E-state index in [1.807, 2.05) is 34.2 Å². The van der Waals surface area contributed by atoms with Crippen LogP contribution in [0.3, 0.4) is 0 Å². The average Bonchev–Trinajstić information content (AvgIpc) is 2.98. The van der Waals surface area contributed by atoms with Gasteiger partial charge < -0.3 is 15.1 Å². The molecule has 0 spiro atoms. The van der Waals surface area contributed by atoms with E-state index in [2.05, 4.69) is 5.32 Å². The summed E-state index contributed by atoms with van der Waals surface area (Å²) in [5, 5.41) is 5.07. The molecule has 2 amide bonds. The maximum atomic E-state index is 12.4. The molecule has 0 bridgehead atoms. The molecule has 1 N–H and O–H groups in total. The van der Waals surface area contributed by atoms with E-state index in [0.717, 1.165) is 23.5 Å². The van der Waals surface area contributed by atoms with Crippen LogP contribution >= 0.6 is 11.3 Å². The fourth-order valence-electron chi connectivity index (χ4n) is 2.57. The van der Waals surface area contributed by atoms with Crippen LogP contribution in [0.4, 0.5) is 0 Å². The van der Waals surface area contributed by atoms with Gasteiger partial charge >= 0.3 is 0 Å². The van der Waals surface area contributed by atoms with Crippen molar-refractivity contribution in [2.75, 3.05) is 39.3 Å². The van der Waals surface area contributed by atoms with Gasteiger partial charge in [-0.3, -0.25) is 9.59 Å². The fraction of sp³-hybridized carbons (Fsp3) is 0.467. The number of carbonyl (C=O) groups is 2. The highest BCUT2D eigenvalue weighted by Gasteiger charge is 2.27. The summed E-state index contributed by atoms with van der Waals surface area (Å²) in [5.74, 6) is 0.199. The summed E-state index contributed by atoms with van der Waals surface area (Å²) in [6, 6.07) is 3.74. The Morgan fingerprint density at radius 1 is 1.14 bits per heavy atom. The van der Waals surface area contributed by atoms with Gasteiger partial charge in [-0.2, -0.15) is 0 Å². The van der Waals surface area contributed by atoms with Crippen LogP contribution in [0.15, 0.2) is 28.7 Å². The lowest BCUT2D eigenvalue weighted by molar-refractivity contribution is -0.128. The van der Waals surface area contributed by atoms with Crippen LogP contribution in [0, 0.1) is 0 Å². The van der Waals surface area contributed by atoms with Crippen molar-refractivity contribution in [2.24, 2.45) is 0 Å². The van der Waals surface area contributed by atoms with Crippen molar-refractivity contribution in [3.05, 3.63) is 33.5 Å². The normalized spacial score (nSPS) is 18.4. The molecular weight excluding hydrogens is 286 g/mol. The van der Waals surface area contributed by atoms with Crippen molar-refractivity contribution in [1.82, 2.24) is 15.1 Å². The molecule has 2 aliphatic heterocycles. The largest absolute Gasteiger partial charge is 0.335 e. The van der Waals surface area contributed by atoms with E-state index in [0.29, 0.717) is 26.2 Å². The summed E-state index contributed by atoms with van der Waals surface area (Å²) in [7, 11) is 0. The molecule has 0 saturated carbocycles. The first-order valence-corrected chi connectivity index (χ1v) is 8.06. The van der Waals surface area contributed by atoms with Crippen molar-refractivity contribution >= 4 is 23.2 Å². The van der Waals surface area contributed by atoms with Crippen molar-refractivity contribution < 1.29 is 9.59 Å². The molecule has 0 aliphatic carbocycles. The fourth-order valence-corrected chi connectivity index (χ4v) is 3.26. The number of nitrogens with zero attached hydrogens (tertiary/aromatic N) is 2. The summed E-state index contributed by atoms with van der Waals surface area (Å²) in [6.45, 7) is 6.03. The quantitative estimate of drug-likeness (QED) is 0.828. The first-order chi connectivity index (χ1) is 10.2. The van der Waals surface area contributed by atoms with Gasteiger partial charge in [0.15, 0.2) is 0 Å². The van der Waals surface area contributed by atoms with E-state index in [9.17, 15) is 9.59 Å². The van der Waals surface area contributed by atoms with Crippen LogP contribution in [0.1, 0.15) is 16.6 Å². The number of thiophene rings is 1. The zero-order valence-electron chi connectivity index (χ0n) is 12.1. The van der Waals surface area contributed by atoms with Gasteiger partial charge in [0.25, 0.3) is 5.91 Å². The Morgan fingerprint density at radius 3 is 2.33 bits per heavy atom. The van der Waals surface area contributed by atoms with Crippen molar-refractivity contribution in [1.29, 1.82) is 0 Å². The first kappa shape index (κ1) is 14.3. The molecule has 6 heteroatoms. The van der Waals surface area contributed by atoms with Crippen LogP contribution in [0.5, 0.6) is 0 Å². The van der Waals surface area contributed by atoms with E-state index >= 15 is 0 Å². The van der Waals surface area contributed by atoms with Gasteiger partial charge in [0.05, 0.1) is 4.88 Å². The topological polar surface area (TPSA) is 52.7 Å². The molecule has 5 nitrogen and oxygen atoms in total. The summed E-state index contributed by atoms with van der Waals surface area (Å²) in [4.78, 5) is 29.1. The third kappa shape index (κ3) is 2.87. The predicted molar refractivity (Wildman–Crippen MR) is 82.4 cm³/mol. The van der Waals surface area contributed by atoms with E-state index in [-0.39, 0.29) is 11.8 Å². The lowest BCUT2D eigenvalue weighted by atomic mass is 10.0. The third-order valence-corrected chi connectivity index (χ3v) is 4.97. The highest BCUT2D eigenvalue weighted by Crippen LogP contribution is 2.16. The summed E-state index contributed by atoms with van der Waals surface area (Å²) in [6.07, 6.45) is 0. The minimum Gasteiger partial charge on any atom is -0.335 e. The van der Waals surface area contributed by atoms with Crippen molar-refractivity contribution in [3.63, 3.8) is 0 Å². The third-order valence-electron chi connectivity index (χ3n) is 4.11. The molecule has 3 heterocycles. The molecule has 0 unspecified atom stereocenters. The molecule has 2 saturated heterocycles. The van der Waals surface area contributed by atoms with Gasteiger partial charge in [-0.15, -0.1) is 11.3 Å². The molecule has 0 radical (unpaired) electrons. The lowest BCUT2D eigenvalue weighted by Crippen LogP contribution is -2.51. The number of hydrogen-bond donors (Lipinski definition) is 1. The molecule has 0 atom stereocenters. The average molecular weight is 305 g/mol. The SMILES string of the molecule is CC(C(=O)N1CCN(C(=O)c2cccs2)CC1)=C1CNC1. The maximum absolute atomic E-state index is 12.4. The Morgan fingerprint density at radius 2 is 1.81 bits per heavy atom. The second kappa shape index (κ2) is 5.99. The van der Waals surface area contributed by atoms with Gasteiger partial charge in [0.1, 0.15) is 0 Å². The minimum absolute atomic E-state index is 0.0790. The molecule has 2 aliphatic rings. The molecule has 21 heavy (non-hydrogen) atoms. The lowest BCUT2D eigenvalue weighted by Gasteiger charge is -2.35. The molecule has 2 fully saturated rings. The molecule has 112 valence electrons. The minimum atomic E-state index is 0.0790. The number of nitrogens with one attached hydrogen (secondary N) is 1. The Labute approximate surface area is 128 Å². The van der Waals surface area contributed by atoms with E-state index in [4.69, 9.17) is 0 Å². The molecular formula is C15H19N3O2S. The Kier molecular flexibility index (Phi) is 4.07. The summed E-state index contributed by atoms with van der Waals surface area (Å²) in [5.41, 5.74) is 2.07. The van der Waals surface area contributed by atoms with Crippen LogP contribution in [0.25, 0.3) is 0 Å². The molecule has 3 rings (SSSR count). The number of rotatable bonds is 2. The van der Waals surface area contributed by atoms with Crippen LogP contribution < -0.4 is 5.32 Å². The van der Waals surface area contributed by atoms with Crippen LogP contribution in [-0.4, -0.2) is 60.9 Å². The summed E-state index contributed by atoms with van der Waals surface area (Å²) >= 11 is 1.47. The standard InChI is InChI=1S/C15H19N3O2S/c1-11(12-9-16-10-12)14(19)17-4-6-18(7-5-17)15(20)13-3-2-8-21-13/h2-3,8,16H,4-7,9-10H2,1H3. The highest BCUT2D eigenvalue weighted by atomic mass is 32.1. The number of amides is 2. The molecule has 0 aromatic carbocycles. The highest BCUT2D eigenvalue weighted by molar-refractivity contribution is 7.12. The monoisotopic (exact) mass is 305 g/mol. The molecule has 1 aromatic rings. The smallest absolute Gasteiger partial charge is 0.264 e. The molecule has 1 aromatic heterocycles. The van der Waals surface area contributed by atoms with Gasteiger partial charge in [-0.05, 0) is 23.9 Å². The zero-order valence-corrected chi connectivity index (χ0v) is 12.9. The van der Waals surface area contributed by atoms with E-state index in [1.165, 1.54) is 16.9 Å². The van der Waals surface area contributed by atoms with Gasteiger partial charge in [-0.25, -0.2) is 0 Å². The zero-order chi connectivity index (χ0) is 14.8. The first-order valence-electron chi connectivity index (χ1n) is 7.18. The summed E-state index contributed by atoms with van der Waals surface area (Å²) < 4.78 is 0. The second-order valence-electron chi connectivity index (χ2n) is 5.39. The Balaban J connectivity index is 1.58. The maximum Gasteiger partial charge on any atom is 0.264 e. The van der Waals surface area contributed by atoms with Gasteiger partial charge in [-0.1, -0.05) is 6.07 Å². The second-order valence-corrected chi connectivity index (χ2v) is 6.34. The van der Waals surface area contributed by atoms with Gasteiger partial charge in [0, 0.05) is 44.8 Å². The van der Waals surface area contributed by atoms with Crippen molar-refractivity contribution in [3.8, 4) is 0 Å².